The third-order valence-electron chi connectivity index (χ3n) is 1.27. The third kappa shape index (κ3) is 3.93. The first kappa shape index (κ1) is 10.6. The molecule has 0 spiro atoms. The molecular weight excluding hydrogens is 184 g/mol. The predicted octanol–water partition coefficient (Wildman–Crippen LogP) is 1.70. The zero-order valence-electron chi connectivity index (χ0n) is 8.53. The van der Waals surface area contributed by atoms with Gasteiger partial charge in [-0.1, -0.05) is 0 Å². The Morgan fingerprint density at radius 2 is 2.36 bits per heavy atom. The number of hydrogen-bond acceptors (Lipinski definition) is 4. The van der Waals surface area contributed by atoms with Gasteiger partial charge in [0.25, 0.3) is 0 Å². The van der Waals surface area contributed by atoms with Gasteiger partial charge >= 0.3 is 6.09 Å². The normalized spacial score (nSPS) is 11.1. The Morgan fingerprint density at radius 1 is 1.64 bits per heavy atom. The molecule has 0 saturated heterocycles. The fraction of sp³-hybridized carbons (Fsp3) is 0.556. The number of carbonyl (C=O) groups is 1. The monoisotopic (exact) mass is 198 g/mol. The molecule has 5 nitrogen and oxygen atoms in total. The van der Waals surface area contributed by atoms with Crippen LogP contribution in [0, 0.1) is 0 Å². The molecule has 0 radical (unpaired) electrons. The van der Waals surface area contributed by atoms with Crippen LogP contribution in [0.15, 0.2) is 16.9 Å². The average molecular weight is 198 g/mol. The van der Waals surface area contributed by atoms with E-state index < -0.39 is 11.7 Å². The molecular formula is C9H14N2O3. The maximum absolute atomic E-state index is 11.2. The molecule has 0 fully saturated rings. The first-order valence-corrected chi connectivity index (χ1v) is 4.32. The lowest BCUT2D eigenvalue weighted by atomic mass is 10.2. The van der Waals surface area contributed by atoms with E-state index in [1.165, 1.54) is 12.5 Å². The molecule has 14 heavy (non-hydrogen) atoms. The number of oxazole rings is 1. The Balaban J connectivity index is 2.29. The maximum Gasteiger partial charge on any atom is 0.408 e. The predicted molar refractivity (Wildman–Crippen MR) is 49.6 cm³/mol. The summed E-state index contributed by atoms with van der Waals surface area (Å²) in [6.07, 6.45) is 2.49. The fourth-order valence-corrected chi connectivity index (χ4v) is 0.802. The number of nitrogens with zero attached hydrogens (tertiary/aromatic N) is 1. The summed E-state index contributed by atoms with van der Waals surface area (Å²) in [6, 6.07) is 0. The van der Waals surface area contributed by atoms with Crippen molar-refractivity contribution in [3.8, 4) is 0 Å². The van der Waals surface area contributed by atoms with E-state index in [-0.39, 0.29) is 6.54 Å². The van der Waals surface area contributed by atoms with E-state index in [9.17, 15) is 4.79 Å². The van der Waals surface area contributed by atoms with Crippen LogP contribution in [0.5, 0.6) is 0 Å². The number of aromatic nitrogens is 1. The van der Waals surface area contributed by atoms with Gasteiger partial charge in [0.05, 0.1) is 12.7 Å². The summed E-state index contributed by atoms with van der Waals surface area (Å²) in [6.45, 7) is 5.65. The van der Waals surface area contributed by atoms with Gasteiger partial charge in [-0.3, -0.25) is 0 Å². The first-order valence-electron chi connectivity index (χ1n) is 4.32. The van der Waals surface area contributed by atoms with Crippen LogP contribution >= 0.6 is 0 Å². The number of carbonyl (C=O) groups excluding carboxylic acids is 1. The van der Waals surface area contributed by atoms with Crippen molar-refractivity contribution in [3.05, 3.63) is 18.4 Å². The first-order chi connectivity index (χ1) is 6.47. The Morgan fingerprint density at radius 3 is 2.86 bits per heavy atom. The van der Waals surface area contributed by atoms with Crippen LogP contribution in [0.4, 0.5) is 4.79 Å². The lowest BCUT2D eigenvalue weighted by Gasteiger charge is -2.19. The van der Waals surface area contributed by atoms with Gasteiger partial charge in [-0.25, -0.2) is 9.78 Å². The highest BCUT2D eigenvalue weighted by Crippen LogP contribution is 2.06. The molecule has 78 valence electrons. The summed E-state index contributed by atoms with van der Waals surface area (Å²) in [5, 5.41) is 2.52. The van der Waals surface area contributed by atoms with Crippen LogP contribution in [0.1, 0.15) is 26.7 Å². The molecule has 1 rings (SSSR count). The van der Waals surface area contributed by atoms with Crippen molar-refractivity contribution >= 4 is 6.09 Å². The van der Waals surface area contributed by atoms with Crippen molar-refractivity contribution in [2.45, 2.75) is 32.9 Å². The Hall–Kier alpha value is -1.52. The van der Waals surface area contributed by atoms with E-state index in [1.54, 1.807) is 20.8 Å². The number of alkyl carbamates (subject to hydrolysis) is 1. The highest BCUT2D eigenvalue weighted by atomic mass is 16.6. The van der Waals surface area contributed by atoms with Crippen molar-refractivity contribution < 1.29 is 13.9 Å². The second kappa shape index (κ2) is 4.13. The van der Waals surface area contributed by atoms with Crippen molar-refractivity contribution in [1.29, 1.82) is 0 Å². The molecule has 0 bridgehead atoms. The van der Waals surface area contributed by atoms with Crippen molar-refractivity contribution in [2.75, 3.05) is 0 Å². The molecule has 1 aromatic rings. The van der Waals surface area contributed by atoms with Gasteiger partial charge in [-0.15, -0.1) is 0 Å². The van der Waals surface area contributed by atoms with E-state index >= 15 is 0 Å². The lowest BCUT2D eigenvalue weighted by Crippen LogP contribution is -2.32. The minimum atomic E-state index is -0.485. The van der Waals surface area contributed by atoms with Crippen molar-refractivity contribution in [1.82, 2.24) is 10.3 Å². The van der Waals surface area contributed by atoms with E-state index in [4.69, 9.17) is 9.15 Å². The number of ether oxygens (including phenoxy) is 1. The van der Waals surface area contributed by atoms with Gasteiger partial charge in [-0.2, -0.15) is 0 Å². The smallest absolute Gasteiger partial charge is 0.408 e. The molecule has 0 aliphatic rings. The van der Waals surface area contributed by atoms with Gasteiger partial charge in [0.15, 0.2) is 0 Å². The largest absolute Gasteiger partial charge is 0.447 e. The topological polar surface area (TPSA) is 64.4 Å². The molecule has 1 amide bonds. The van der Waals surface area contributed by atoms with Gasteiger partial charge in [0, 0.05) is 0 Å². The van der Waals surface area contributed by atoms with Gasteiger partial charge in [0.2, 0.25) is 5.89 Å². The number of rotatable bonds is 2. The SMILES string of the molecule is CC(C)(C)OC(=O)NCc1ncco1. The number of hydrogen-bond donors (Lipinski definition) is 1. The third-order valence-corrected chi connectivity index (χ3v) is 1.27. The Bertz CT molecular complexity index is 288. The molecule has 1 N–H and O–H groups in total. The van der Waals surface area contributed by atoms with E-state index in [1.807, 2.05) is 0 Å². The average Bonchev–Trinajstić information content (AvgIpc) is 2.49. The van der Waals surface area contributed by atoms with E-state index in [2.05, 4.69) is 10.3 Å². The molecule has 0 atom stereocenters. The zero-order chi connectivity index (χ0) is 10.6. The summed E-state index contributed by atoms with van der Waals surface area (Å²) >= 11 is 0. The van der Waals surface area contributed by atoms with Crippen molar-refractivity contribution in [2.24, 2.45) is 0 Å². The summed E-state index contributed by atoms with van der Waals surface area (Å²) in [5.74, 6) is 0.454. The van der Waals surface area contributed by atoms with Crippen LogP contribution < -0.4 is 5.32 Å². The summed E-state index contributed by atoms with van der Waals surface area (Å²) in [7, 11) is 0. The van der Waals surface area contributed by atoms with Crippen LogP contribution in [0.3, 0.4) is 0 Å². The molecule has 0 aromatic carbocycles. The maximum atomic E-state index is 11.2. The van der Waals surface area contributed by atoms with Crippen LogP contribution in [0.2, 0.25) is 0 Å². The van der Waals surface area contributed by atoms with E-state index in [0.717, 1.165) is 0 Å². The van der Waals surface area contributed by atoms with Gasteiger partial charge < -0.3 is 14.5 Å². The molecule has 5 heteroatoms. The van der Waals surface area contributed by atoms with Crippen LogP contribution in [0.25, 0.3) is 0 Å². The Labute approximate surface area is 82.5 Å². The molecule has 1 aromatic heterocycles. The van der Waals surface area contributed by atoms with Gasteiger partial charge in [0.1, 0.15) is 11.9 Å². The Kier molecular flexibility index (Phi) is 3.11. The summed E-state index contributed by atoms with van der Waals surface area (Å²) in [5.41, 5.74) is -0.485. The summed E-state index contributed by atoms with van der Waals surface area (Å²) in [4.78, 5) is 15.0. The quantitative estimate of drug-likeness (QED) is 0.785. The second-order valence-corrected chi connectivity index (χ2v) is 3.78. The minimum absolute atomic E-state index is 0.238. The van der Waals surface area contributed by atoms with E-state index in [0.29, 0.717) is 5.89 Å². The fourth-order valence-electron chi connectivity index (χ4n) is 0.802. The molecule has 0 unspecified atom stereocenters. The van der Waals surface area contributed by atoms with Crippen LogP contribution in [-0.2, 0) is 11.3 Å². The van der Waals surface area contributed by atoms with Crippen LogP contribution in [-0.4, -0.2) is 16.7 Å². The van der Waals surface area contributed by atoms with Gasteiger partial charge in [-0.05, 0) is 20.8 Å². The highest BCUT2D eigenvalue weighted by Gasteiger charge is 2.15. The standard InChI is InChI=1S/C9H14N2O3/c1-9(2,3)14-8(12)11-6-7-10-4-5-13-7/h4-5H,6H2,1-3H3,(H,11,12). The minimum Gasteiger partial charge on any atom is -0.447 e. The molecule has 1 heterocycles. The number of nitrogens with one attached hydrogen (secondary N) is 1. The lowest BCUT2D eigenvalue weighted by molar-refractivity contribution is 0.0519. The molecule has 0 aliphatic carbocycles. The zero-order valence-corrected chi connectivity index (χ0v) is 8.53. The highest BCUT2D eigenvalue weighted by molar-refractivity contribution is 5.67. The molecule has 0 saturated carbocycles. The molecule has 0 aliphatic heterocycles. The summed E-state index contributed by atoms with van der Waals surface area (Å²) < 4.78 is 9.95. The number of amides is 1. The van der Waals surface area contributed by atoms with Crippen molar-refractivity contribution in [3.63, 3.8) is 0 Å². The second-order valence-electron chi connectivity index (χ2n) is 3.78.